The Hall–Kier alpha value is -11.4. The van der Waals surface area contributed by atoms with Gasteiger partial charge in [-0.3, -0.25) is 27.2 Å². The first-order chi connectivity index (χ1) is 47.8. The van der Waals surface area contributed by atoms with Crippen molar-refractivity contribution in [1.29, 1.82) is 0 Å². The molecule has 98 heavy (non-hydrogen) atoms. The van der Waals surface area contributed by atoms with Crippen molar-refractivity contribution in [3.8, 4) is 50.9 Å². The number of nitrogens with one attached hydrogen (secondary N) is 3. The molecule has 9 aromatic heterocycles. The van der Waals surface area contributed by atoms with Crippen LogP contribution in [-0.4, -0.2) is 118 Å². The molecule has 3 atom stereocenters. The summed E-state index contributed by atoms with van der Waals surface area (Å²) in [6.07, 6.45) is 20.9. The van der Waals surface area contributed by atoms with Crippen LogP contribution in [0.15, 0.2) is 104 Å². The lowest BCUT2D eigenvalue weighted by molar-refractivity contribution is 0.0940. The zero-order valence-electron chi connectivity index (χ0n) is 54.1. The van der Waals surface area contributed by atoms with Crippen molar-refractivity contribution in [2.24, 2.45) is 13.0 Å². The minimum atomic E-state index is -0.283. The second-order valence-corrected chi connectivity index (χ2v) is 24.8. The Bertz CT molecular complexity index is 5100. The number of halogens is 3. The number of hydrogen-bond acceptors (Lipinski definition) is 17. The smallest absolute Gasteiger partial charge is 0.288 e. The maximum absolute atomic E-state index is 14.6. The molecule has 5 aliphatic heterocycles. The van der Waals surface area contributed by atoms with Gasteiger partial charge in [-0.1, -0.05) is 30.0 Å². The van der Waals surface area contributed by atoms with Gasteiger partial charge in [0.15, 0.2) is 0 Å². The van der Waals surface area contributed by atoms with E-state index in [2.05, 4.69) is 65.9 Å². The van der Waals surface area contributed by atoms with Crippen LogP contribution in [-0.2, 0) is 62.1 Å². The molecule has 28 heteroatoms. The maximum atomic E-state index is 14.6. The van der Waals surface area contributed by atoms with Crippen LogP contribution in [0.2, 0.25) is 0 Å². The van der Waals surface area contributed by atoms with E-state index in [1.54, 1.807) is 62.7 Å². The SMILES string of the molecule is Cc1cn2c(NCc3c(F)ccc4c3CCO4)ncc(-c3cnn(CC4CCOC4)c3)c2n1.[C-]#[N+]c1cn2c(NCc3c(F)ccc4c3C(C)CO4)ncc(-c3cc(C)nn3C)c2n1.[C-]#[N+]c1cn2c(NCc3c(F)ccc4c3CCO4)ncc(-c3ccn(CC4CCCO4)n3)c2n1. The Labute approximate surface area is 559 Å². The van der Waals surface area contributed by atoms with E-state index in [1.165, 1.54) is 18.2 Å². The lowest BCUT2D eigenvalue weighted by Crippen LogP contribution is -2.15. The van der Waals surface area contributed by atoms with E-state index in [-0.39, 0.29) is 54.2 Å². The van der Waals surface area contributed by atoms with E-state index in [1.807, 2.05) is 78.5 Å². The van der Waals surface area contributed by atoms with Crippen LogP contribution in [0, 0.1) is 50.4 Å². The number of anilines is 3. The predicted octanol–water partition coefficient (Wildman–Crippen LogP) is 11.9. The highest BCUT2D eigenvalue weighted by atomic mass is 19.1. The fraction of sp³-hybridized carbons (Fsp3) is 0.329. The first-order valence-electron chi connectivity index (χ1n) is 32.5. The van der Waals surface area contributed by atoms with E-state index in [0.29, 0.717) is 109 Å². The van der Waals surface area contributed by atoms with Crippen LogP contribution < -0.4 is 30.2 Å². The molecule has 25 nitrogen and oxygen atoms in total. The summed E-state index contributed by atoms with van der Waals surface area (Å²) in [5.74, 6) is 4.09. The standard InChI is InChI=1S/C24H22FN7O2.C24H25FN6O2.C22H20FN7O/c1-26-22-14-32-23(29-22)18(20-6-8-31(30-20)13-15-3-2-9-33-15)12-28-24(32)27-11-17-16-7-10-34-21(16)5-4-19(17)25;1-15-11-31-23(29-15)19(17-8-28-30(13-17)12-16-4-6-32-14-16)9-26-24(31)27-10-20-18-5-7-33-22(18)3-2-21(20)25;1-12-11-31-18-6-5-16(23)14(20(12)18)8-25-22-26-9-15(17-7-13(2)28-29(17)4)21-27-19(24-3)10-30(21)22/h4-6,8,12,14-15H,2-3,7,9-11,13H2,(H,27,28);2-3,8-9,11,13,16H,4-7,10,12,14H2,1H3,(H,26,27);5-7,9-10,12H,8,11H2,1-2,4H3,(H,25,26). The topological polar surface area (TPSA) is 235 Å². The number of nitrogens with zero attached hydrogens (tertiary/aromatic N) is 17. The molecule has 3 aromatic carbocycles. The molecule has 12 aromatic rings. The third-order valence-corrected chi connectivity index (χ3v) is 18.2. The van der Waals surface area contributed by atoms with Crippen molar-refractivity contribution < 1.29 is 36.9 Å². The minimum absolute atomic E-state index is 0.118. The number of aromatic nitrogens is 15. The molecule has 2 fully saturated rings. The summed E-state index contributed by atoms with van der Waals surface area (Å²) < 4.78 is 82.7. The number of imidazole rings is 3. The Morgan fingerprint density at radius 3 is 1.81 bits per heavy atom. The molecule has 0 aliphatic carbocycles. The van der Waals surface area contributed by atoms with Gasteiger partial charge in [-0.05, 0) is 81.6 Å². The first-order valence-corrected chi connectivity index (χ1v) is 32.5. The van der Waals surface area contributed by atoms with Gasteiger partial charge in [0.25, 0.3) is 11.6 Å². The molecule has 2 saturated heterocycles. The number of ether oxygens (including phenoxy) is 5. The van der Waals surface area contributed by atoms with Crippen molar-refractivity contribution in [3.05, 3.63) is 189 Å². The van der Waals surface area contributed by atoms with Gasteiger partial charge in [0.05, 0.1) is 79.2 Å². The molecule has 0 radical (unpaired) electrons. The van der Waals surface area contributed by atoms with Gasteiger partial charge in [0, 0.05) is 165 Å². The fourth-order valence-corrected chi connectivity index (χ4v) is 13.4. The predicted molar refractivity (Wildman–Crippen MR) is 357 cm³/mol. The molecule has 0 spiro atoms. The summed E-state index contributed by atoms with van der Waals surface area (Å²) >= 11 is 0. The van der Waals surface area contributed by atoms with Gasteiger partial charge in [0.2, 0.25) is 29.1 Å². The molecule has 498 valence electrons. The number of fused-ring (bicyclic) bond motifs is 6. The van der Waals surface area contributed by atoms with Crippen molar-refractivity contribution in [2.45, 2.75) is 97.6 Å². The Balaban J connectivity index is 0.000000120. The van der Waals surface area contributed by atoms with E-state index in [4.69, 9.17) is 41.8 Å². The molecular weight excluding hydrogens is 1260 g/mol. The molecule has 0 bridgehead atoms. The summed E-state index contributed by atoms with van der Waals surface area (Å²) in [6, 6.07) is 13.2. The molecular formula is C70H67F3N20O5. The number of hydrogen-bond donors (Lipinski definition) is 3. The van der Waals surface area contributed by atoms with Crippen molar-refractivity contribution in [3.63, 3.8) is 0 Å². The van der Waals surface area contributed by atoms with E-state index < -0.39 is 0 Å². The van der Waals surface area contributed by atoms with E-state index in [9.17, 15) is 13.2 Å². The van der Waals surface area contributed by atoms with Crippen LogP contribution in [0.1, 0.15) is 76.9 Å². The quantitative estimate of drug-likeness (QED) is 0.0763. The second-order valence-electron chi connectivity index (χ2n) is 24.8. The van der Waals surface area contributed by atoms with E-state index in [0.717, 1.165) is 119 Å². The highest BCUT2D eigenvalue weighted by Crippen LogP contribution is 2.39. The Morgan fingerprint density at radius 2 is 1.19 bits per heavy atom. The average molecular weight is 1330 g/mol. The largest absolute Gasteiger partial charge is 0.493 e. The molecule has 17 rings (SSSR count). The van der Waals surface area contributed by atoms with Crippen LogP contribution >= 0.6 is 0 Å². The summed E-state index contributed by atoms with van der Waals surface area (Å²) in [6.45, 7) is 27.1. The monoisotopic (exact) mass is 1320 g/mol. The summed E-state index contributed by atoms with van der Waals surface area (Å²) in [5.41, 5.74) is 13.0. The zero-order chi connectivity index (χ0) is 67.1. The summed E-state index contributed by atoms with van der Waals surface area (Å²) in [7, 11) is 1.85. The Morgan fingerprint density at radius 1 is 0.592 bits per heavy atom. The summed E-state index contributed by atoms with van der Waals surface area (Å²) in [4.78, 5) is 34.4. The molecule has 3 unspecified atom stereocenters. The number of aryl methyl sites for hydroxylation is 3. The van der Waals surface area contributed by atoms with Gasteiger partial charge in [-0.15, -0.1) is 0 Å². The molecule has 14 heterocycles. The lowest BCUT2D eigenvalue weighted by atomic mass is 9.97. The Kier molecular flexibility index (Phi) is 17.1. The maximum Gasteiger partial charge on any atom is 0.288 e. The third-order valence-electron chi connectivity index (χ3n) is 18.2. The third kappa shape index (κ3) is 12.4. The highest BCUT2D eigenvalue weighted by molar-refractivity contribution is 5.80. The number of rotatable bonds is 16. The number of benzene rings is 3. The van der Waals surface area contributed by atoms with E-state index >= 15 is 0 Å². The van der Waals surface area contributed by atoms with Crippen LogP contribution in [0.3, 0.4) is 0 Å². The van der Waals surface area contributed by atoms with Gasteiger partial charge in [-0.25, -0.2) is 33.1 Å². The second kappa shape index (κ2) is 26.7. The summed E-state index contributed by atoms with van der Waals surface area (Å²) in [5, 5.41) is 23.4. The van der Waals surface area contributed by atoms with Gasteiger partial charge < -0.3 is 49.3 Å². The van der Waals surface area contributed by atoms with Crippen LogP contribution in [0.5, 0.6) is 17.2 Å². The van der Waals surface area contributed by atoms with Crippen molar-refractivity contribution in [1.82, 2.24) is 72.4 Å². The zero-order valence-corrected chi connectivity index (χ0v) is 54.1. The van der Waals surface area contributed by atoms with Crippen molar-refractivity contribution in [2.75, 3.05) is 55.6 Å². The highest BCUT2D eigenvalue weighted by Gasteiger charge is 2.29. The molecule has 0 amide bonds. The molecule has 5 aliphatic rings. The average Bonchev–Trinajstić information content (AvgIpc) is 1.64. The van der Waals surface area contributed by atoms with Crippen LogP contribution in [0.4, 0.5) is 42.7 Å². The first kappa shape index (κ1) is 62.7. The lowest BCUT2D eigenvalue weighted by Gasteiger charge is -2.13. The normalized spacial score (nSPS) is 16.5. The van der Waals surface area contributed by atoms with Gasteiger partial charge in [0.1, 0.15) is 40.3 Å². The molecule has 0 saturated carbocycles. The van der Waals surface area contributed by atoms with Crippen LogP contribution in [0.25, 0.3) is 60.3 Å². The fourth-order valence-electron chi connectivity index (χ4n) is 13.4. The van der Waals surface area contributed by atoms with Gasteiger partial charge in [-0.2, -0.15) is 15.3 Å². The van der Waals surface area contributed by atoms with Crippen molar-refractivity contribution >= 4 is 46.4 Å². The van der Waals surface area contributed by atoms with Gasteiger partial charge >= 0.3 is 0 Å². The minimum Gasteiger partial charge on any atom is -0.493 e. The molecule has 3 N–H and O–H groups in total.